The molecule has 0 saturated carbocycles. The van der Waals surface area contributed by atoms with Crippen LogP contribution in [0.3, 0.4) is 0 Å². The van der Waals surface area contributed by atoms with E-state index < -0.39 is 0 Å². The highest BCUT2D eigenvalue weighted by molar-refractivity contribution is 6.28. The molecule has 5 heteroatoms. The minimum absolute atomic E-state index is 0.107. The van der Waals surface area contributed by atoms with E-state index in [4.69, 9.17) is 16.0 Å². The van der Waals surface area contributed by atoms with Crippen LogP contribution in [0.5, 0.6) is 0 Å². The molecule has 1 aromatic rings. The molecule has 4 nitrogen and oxygen atoms in total. The lowest BCUT2D eigenvalue weighted by atomic mass is 10.1. The molecule has 2 heterocycles. The minimum Gasteiger partial charge on any atom is -0.448 e. The van der Waals surface area contributed by atoms with Crippen molar-refractivity contribution in [2.75, 3.05) is 20.1 Å². The van der Waals surface area contributed by atoms with Gasteiger partial charge in [0.1, 0.15) is 5.76 Å². The van der Waals surface area contributed by atoms with Gasteiger partial charge in [0.2, 0.25) is 5.91 Å². The Labute approximate surface area is 99.5 Å². The van der Waals surface area contributed by atoms with Crippen LogP contribution >= 0.6 is 11.6 Å². The first-order valence-electron chi connectivity index (χ1n) is 5.37. The minimum atomic E-state index is 0.107. The number of rotatable bonds is 3. The van der Waals surface area contributed by atoms with Crippen LogP contribution in [0.2, 0.25) is 5.22 Å². The van der Waals surface area contributed by atoms with Gasteiger partial charge >= 0.3 is 0 Å². The molecule has 1 N–H and O–H groups in total. The first kappa shape index (κ1) is 11.5. The number of carbonyl (C=O) groups excluding carboxylic acids is 1. The fourth-order valence-corrected chi connectivity index (χ4v) is 2.21. The lowest BCUT2D eigenvalue weighted by Crippen LogP contribution is -2.29. The van der Waals surface area contributed by atoms with Gasteiger partial charge in [-0.2, -0.15) is 0 Å². The summed E-state index contributed by atoms with van der Waals surface area (Å²) in [5.74, 6) is 1.08. The smallest absolute Gasteiger partial charge is 0.224 e. The van der Waals surface area contributed by atoms with Crippen molar-refractivity contribution in [3.05, 3.63) is 23.1 Å². The monoisotopic (exact) mass is 242 g/mol. The van der Waals surface area contributed by atoms with E-state index in [1.54, 1.807) is 13.1 Å². The third kappa shape index (κ3) is 2.57. The zero-order valence-electron chi connectivity index (χ0n) is 9.20. The van der Waals surface area contributed by atoms with Crippen LogP contribution in [0.4, 0.5) is 0 Å². The molecule has 0 aromatic carbocycles. The molecule has 1 fully saturated rings. The van der Waals surface area contributed by atoms with Gasteiger partial charge in [-0.15, -0.1) is 0 Å². The van der Waals surface area contributed by atoms with Gasteiger partial charge in [0.05, 0.1) is 12.5 Å². The van der Waals surface area contributed by atoms with Crippen molar-refractivity contribution in [1.82, 2.24) is 10.2 Å². The Morgan fingerprint density at radius 1 is 1.69 bits per heavy atom. The van der Waals surface area contributed by atoms with Crippen molar-refractivity contribution in [2.24, 2.45) is 5.92 Å². The second-order valence-electron chi connectivity index (χ2n) is 4.04. The van der Waals surface area contributed by atoms with Gasteiger partial charge in [0.15, 0.2) is 5.22 Å². The van der Waals surface area contributed by atoms with Crippen molar-refractivity contribution in [2.45, 2.75) is 13.0 Å². The molecule has 2 rings (SSSR count). The maximum Gasteiger partial charge on any atom is 0.224 e. The molecule has 0 aliphatic carbocycles. The molecule has 88 valence electrons. The SMILES string of the molecule is CNC(=O)C1CCN(Cc2ccc(Cl)o2)C1. The summed E-state index contributed by atoms with van der Waals surface area (Å²) < 4.78 is 5.29. The van der Waals surface area contributed by atoms with Gasteiger partial charge in [0.25, 0.3) is 0 Å². The number of amides is 1. The number of nitrogens with zero attached hydrogens (tertiary/aromatic N) is 1. The van der Waals surface area contributed by atoms with Gasteiger partial charge in [0, 0.05) is 13.6 Å². The Hall–Kier alpha value is -1.00. The number of hydrogen-bond acceptors (Lipinski definition) is 3. The van der Waals surface area contributed by atoms with Crippen LogP contribution in [-0.2, 0) is 11.3 Å². The number of hydrogen-bond donors (Lipinski definition) is 1. The Balaban J connectivity index is 1.87. The Bertz CT molecular complexity index is 378. The van der Waals surface area contributed by atoms with Crippen LogP contribution in [-0.4, -0.2) is 30.9 Å². The van der Waals surface area contributed by atoms with Gasteiger partial charge < -0.3 is 9.73 Å². The van der Waals surface area contributed by atoms with Crippen molar-refractivity contribution < 1.29 is 9.21 Å². The van der Waals surface area contributed by atoms with E-state index in [0.717, 1.165) is 31.8 Å². The number of halogens is 1. The molecule has 0 radical (unpaired) electrons. The second-order valence-corrected chi connectivity index (χ2v) is 4.41. The summed E-state index contributed by atoms with van der Waals surface area (Å²) in [6, 6.07) is 3.61. The average Bonchev–Trinajstić information content (AvgIpc) is 2.87. The molecule has 1 saturated heterocycles. The molecule has 16 heavy (non-hydrogen) atoms. The van der Waals surface area contributed by atoms with Crippen molar-refractivity contribution in [3.63, 3.8) is 0 Å². The van der Waals surface area contributed by atoms with E-state index in [-0.39, 0.29) is 11.8 Å². The average molecular weight is 243 g/mol. The number of likely N-dealkylation sites (tertiary alicyclic amines) is 1. The molecule has 1 aromatic heterocycles. The maximum atomic E-state index is 11.4. The molecular weight excluding hydrogens is 228 g/mol. The van der Waals surface area contributed by atoms with Gasteiger partial charge in [-0.05, 0) is 36.7 Å². The molecule has 1 atom stereocenters. The quantitative estimate of drug-likeness (QED) is 0.874. The number of carbonyl (C=O) groups is 1. The lowest BCUT2D eigenvalue weighted by molar-refractivity contribution is -0.124. The van der Waals surface area contributed by atoms with Crippen LogP contribution in [0.15, 0.2) is 16.5 Å². The largest absolute Gasteiger partial charge is 0.448 e. The number of furan rings is 1. The summed E-state index contributed by atoms with van der Waals surface area (Å²) in [6.45, 7) is 2.44. The predicted octanol–water partition coefficient (Wildman–Crippen LogP) is 1.50. The van der Waals surface area contributed by atoms with Gasteiger partial charge in [-0.3, -0.25) is 9.69 Å². The summed E-state index contributed by atoms with van der Waals surface area (Å²) in [5.41, 5.74) is 0. The van der Waals surface area contributed by atoms with E-state index in [0.29, 0.717) is 5.22 Å². The first-order chi connectivity index (χ1) is 7.69. The maximum absolute atomic E-state index is 11.4. The summed E-state index contributed by atoms with van der Waals surface area (Å²) in [5, 5.41) is 3.10. The zero-order valence-corrected chi connectivity index (χ0v) is 9.96. The topological polar surface area (TPSA) is 45.5 Å². The van der Waals surface area contributed by atoms with Gasteiger partial charge in [-0.25, -0.2) is 0 Å². The molecule has 0 bridgehead atoms. The fourth-order valence-electron chi connectivity index (χ4n) is 2.05. The van der Waals surface area contributed by atoms with E-state index in [1.807, 2.05) is 6.07 Å². The van der Waals surface area contributed by atoms with Crippen LogP contribution in [0, 0.1) is 5.92 Å². The van der Waals surface area contributed by atoms with E-state index in [9.17, 15) is 4.79 Å². The van der Waals surface area contributed by atoms with Crippen molar-refractivity contribution in [1.29, 1.82) is 0 Å². The Morgan fingerprint density at radius 3 is 3.12 bits per heavy atom. The van der Waals surface area contributed by atoms with Gasteiger partial charge in [-0.1, -0.05) is 0 Å². The zero-order chi connectivity index (χ0) is 11.5. The molecule has 1 aliphatic rings. The van der Waals surface area contributed by atoms with Crippen molar-refractivity contribution in [3.8, 4) is 0 Å². The standard InChI is InChI=1S/C11H15ClN2O2/c1-13-11(15)8-4-5-14(6-8)7-9-2-3-10(12)16-9/h2-3,8H,4-7H2,1H3,(H,13,15). The van der Waals surface area contributed by atoms with E-state index in [1.165, 1.54) is 0 Å². The Morgan fingerprint density at radius 2 is 2.50 bits per heavy atom. The first-order valence-corrected chi connectivity index (χ1v) is 5.75. The highest BCUT2D eigenvalue weighted by Crippen LogP contribution is 2.20. The van der Waals surface area contributed by atoms with E-state index in [2.05, 4.69) is 10.2 Å². The molecular formula is C11H15ClN2O2. The molecule has 0 spiro atoms. The van der Waals surface area contributed by atoms with Crippen LogP contribution in [0.1, 0.15) is 12.2 Å². The normalized spacial score (nSPS) is 21.2. The van der Waals surface area contributed by atoms with Crippen LogP contribution < -0.4 is 5.32 Å². The molecule has 1 amide bonds. The van der Waals surface area contributed by atoms with Crippen LogP contribution in [0.25, 0.3) is 0 Å². The van der Waals surface area contributed by atoms with E-state index >= 15 is 0 Å². The number of nitrogens with one attached hydrogen (secondary N) is 1. The summed E-state index contributed by atoms with van der Waals surface area (Å²) in [7, 11) is 1.68. The summed E-state index contributed by atoms with van der Waals surface area (Å²) in [6.07, 6.45) is 0.911. The molecule has 1 unspecified atom stereocenters. The van der Waals surface area contributed by atoms with Crippen molar-refractivity contribution >= 4 is 17.5 Å². The highest BCUT2D eigenvalue weighted by atomic mass is 35.5. The predicted molar refractivity (Wildman–Crippen MR) is 61.2 cm³/mol. The summed E-state index contributed by atoms with van der Waals surface area (Å²) in [4.78, 5) is 13.6. The lowest BCUT2D eigenvalue weighted by Gasteiger charge is -2.13. The summed E-state index contributed by atoms with van der Waals surface area (Å²) >= 11 is 5.70. The Kier molecular flexibility index (Phi) is 3.51. The third-order valence-corrected chi connectivity index (χ3v) is 3.10. The third-order valence-electron chi connectivity index (χ3n) is 2.90. The fraction of sp³-hybridized carbons (Fsp3) is 0.545. The second kappa shape index (κ2) is 4.89. The highest BCUT2D eigenvalue weighted by Gasteiger charge is 2.27. The molecule has 1 aliphatic heterocycles.